The van der Waals surface area contributed by atoms with E-state index in [1.807, 2.05) is 6.92 Å². The number of amides is 1. The van der Waals surface area contributed by atoms with Crippen molar-refractivity contribution in [2.75, 3.05) is 31.2 Å². The Morgan fingerprint density at radius 1 is 1.46 bits per heavy atom. The zero-order valence-corrected chi connectivity index (χ0v) is 13.7. The van der Waals surface area contributed by atoms with Crippen LogP contribution in [0.15, 0.2) is 23.3 Å². The highest BCUT2D eigenvalue weighted by Gasteiger charge is 2.17. The first-order valence-corrected chi connectivity index (χ1v) is 8.05. The van der Waals surface area contributed by atoms with E-state index in [0.717, 1.165) is 18.5 Å². The molecule has 1 aliphatic heterocycles. The minimum absolute atomic E-state index is 0.00855. The summed E-state index contributed by atoms with van der Waals surface area (Å²) < 4.78 is 5.33. The molecular weight excluding hydrogens is 312 g/mol. The third kappa shape index (κ3) is 5.02. The van der Waals surface area contributed by atoms with E-state index < -0.39 is 4.92 Å². The van der Waals surface area contributed by atoms with Crippen LogP contribution in [-0.2, 0) is 9.53 Å². The quantitative estimate of drug-likeness (QED) is 0.468. The monoisotopic (exact) mass is 334 g/mol. The van der Waals surface area contributed by atoms with Gasteiger partial charge in [0.1, 0.15) is 0 Å². The van der Waals surface area contributed by atoms with Crippen LogP contribution in [0.3, 0.4) is 0 Å². The number of benzene rings is 1. The Labute approximate surface area is 140 Å². The number of morpholine rings is 1. The molecule has 24 heavy (non-hydrogen) atoms. The molecule has 1 heterocycles. The zero-order chi connectivity index (χ0) is 17.4. The second-order valence-electron chi connectivity index (χ2n) is 5.50. The molecule has 1 aromatic rings. The molecule has 0 aromatic heterocycles. The van der Waals surface area contributed by atoms with E-state index in [-0.39, 0.29) is 11.6 Å². The topological polar surface area (TPSA) is 97.1 Å². The first-order valence-electron chi connectivity index (χ1n) is 8.05. The summed E-state index contributed by atoms with van der Waals surface area (Å²) in [6.07, 6.45) is 3.61. The summed E-state index contributed by atoms with van der Waals surface area (Å²) in [6, 6.07) is 4.65. The number of nitrogens with one attached hydrogen (secondary N) is 1. The van der Waals surface area contributed by atoms with Gasteiger partial charge in [0.2, 0.25) is 5.91 Å². The molecule has 0 atom stereocenters. The Hall–Kier alpha value is -2.48. The number of hydrogen-bond donors (Lipinski definition) is 1. The lowest BCUT2D eigenvalue weighted by molar-refractivity contribution is -0.384. The number of non-ortho nitro benzene ring substituents is 1. The maximum atomic E-state index is 11.6. The average Bonchev–Trinajstić information content (AvgIpc) is 2.60. The minimum atomic E-state index is -0.444. The molecule has 1 aromatic carbocycles. The molecule has 0 bridgehead atoms. The van der Waals surface area contributed by atoms with Crippen LogP contribution >= 0.6 is 0 Å². The highest BCUT2D eigenvalue weighted by atomic mass is 16.6. The van der Waals surface area contributed by atoms with Crippen molar-refractivity contribution in [2.45, 2.75) is 26.2 Å². The van der Waals surface area contributed by atoms with Gasteiger partial charge in [0.05, 0.1) is 24.4 Å². The summed E-state index contributed by atoms with van der Waals surface area (Å²) in [5.74, 6) is -0.161. The molecule has 1 fully saturated rings. The number of carbonyl (C=O) groups is 1. The fourth-order valence-electron chi connectivity index (χ4n) is 2.42. The van der Waals surface area contributed by atoms with E-state index in [1.165, 1.54) is 18.3 Å². The first-order chi connectivity index (χ1) is 11.6. The molecule has 1 amide bonds. The van der Waals surface area contributed by atoms with Crippen molar-refractivity contribution in [1.29, 1.82) is 0 Å². The number of hydrazone groups is 1. The van der Waals surface area contributed by atoms with Crippen molar-refractivity contribution >= 4 is 23.5 Å². The molecule has 0 radical (unpaired) electrons. The molecule has 1 saturated heterocycles. The Morgan fingerprint density at radius 3 is 2.88 bits per heavy atom. The number of carbonyl (C=O) groups excluding carboxylic acids is 1. The average molecular weight is 334 g/mol. The van der Waals surface area contributed by atoms with Gasteiger partial charge in [0.15, 0.2) is 0 Å². The summed E-state index contributed by atoms with van der Waals surface area (Å²) in [6.45, 7) is 4.65. The Morgan fingerprint density at radius 2 is 2.21 bits per heavy atom. The molecule has 0 aliphatic carbocycles. The van der Waals surface area contributed by atoms with E-state index in [0.29, 0.717) is 38.3 Å². The normalized spacial score (nSPS) is 14.8. The van der Waals surface area contributed by atoms with Crippen LogP contribution in [0.4, 0.5) is 11.4 Å². The highest BCUT2D eigenvalue weighted by molar-refractivity contribution is 5.90. The summed E-state index contributed by atoms with van der Waals surface area (Å²) in [5.41, 5.74) is 3.90. The van der Waals surface area contributed by atoms with Gasteiger partial charge in [-0.25, -0.2) is 5.43 Å². The van der Waals surface area contributed by atoms with E-state index in [2.05, 4.69) is 15.4 Å². The smallest absolute Gasteiger partial charge is 0.270 e. The second kappa shape index (κ2) is 8.97. The molecule has 130 valence electrons. The third-order valence-corrected chi connectivity index (χ3v) is 3.72. The number of nitro groups is 1. The molecule has 0 saturated carbocycles. The van der Waals surface area contributed by atoms with Crippen LogP contribution in [0.2, 0.25) is 0 Å². The van der Waals surface area contributed by atoms with Crippen molar-refractivity contribution in [2.24, 2.45) is 5.10 Å². The SMILES string of the molecule is CCCCC(=O)N/N=C\c1cc([N+](=O)[O-])ccc1N1CCOCC1. The van der Waals surface area contributed by atoms with Crippen LogP contribution in [0.25, 0.3) is 0 Å². The van der Waals surface area contributed by atoms with E-state index in [9.17, 15) is 14.9 Å². The zero-order valence-electron chi connectivity index (χ0n) is 13.7. The third-order valence-electron chi connectivity index (χ3n) is 3.72. The van der Waals surface area contributed by atoms with Gasteiger partial charge in [-0.1, -0.05) is 13.3 Å². The lowest BCUT2D eigenvalue weighted by Crippen LogP contribution is -2.36. The van der Waals surface area contributed by atoms with Crippen LogP contribution < -0.4 is 10.3 Å². The van der Waals surface area contributed by atoms with Crippen LogP contribution in [-0.4, -0.2) is 43.3 Å². The number of unbranched alkanes of at least 4 members (excludes halogenated alkanes) is 1. The van der Waals surface area contributed by atoms with Crippen molar-refractivity contribution in [3.63, 3.8) is 0 Å². The van der Waals surface area contributed by atoms with Gasteiger partial charge in [-0.2, -0.15) is 5.10 Å². The molecule has 1 N–H and O–H groups in total. The van der Waals surface area contributed by atoms with Gasteiger partial charge < -0.3 is 9.64 Å². The van der Waals surface area contributed by atoms with E-state index in [4.69, 9.17) is 4.74 Å². The molecule has 8 heteroatoms. The Kier molecular flexibility index (Phi) is 6.68. The predicted molar refractivity (Wildman–Crippen MR) is 91.4 cm³/mol. The summed E-state index contributed by atoms with van der Waals surface area (Å²) >= 11 is 0. The summed E-state index contributed by atoms with van der Waals surface area (Å²) in [4.78, 5) is 24.2. The number of rotatable bonds is 7. The van der Waals surface area contributed by atoms with Crippen molar-refractivity contribution in [3.8, 4) is 0 Å². The first kappa shape index (κ1) is 17.9. The van der Waals surface area contributed by atoms with Gasteiger partial charge in [-0.3, -0.25) is 14.9 Å². The molecule has 2 rings (SSSR count). The number of nitro benzene ring substituents is 1. The van der Waals surface area contributed by atoms with Crippen LogP contribution in [0, 0.1) is 10.1 Å². The van der Waals surface area contributed by atoms with Gasteiger partial charge in [0, 0.05) is 42.9 Å². The van der Waals surface area contributed by atoms with Gasteiger partial charge in [-0.05, 0) is 12.5 Å². The van der Waals surface area contributed by atoms with Gasteiger partial charge in [-0.15, -0.1) is 0 Å². The van der Waals surface area contributed by atoms with Gasteiger partial charge >= 0.3 is 0 Å². The Balaban J connectivity index is 2.16. The minimum Gasteiger partial charge on any atom is -0.378 e. The molecular formula is C16H22N4O4. The van der Waals surface area contributed by atoms with Crippen molar-refractivity contribution in [3.05, 3.63) is 33.9 Å². The maximum Gasteiger partial charge on any atom is 0.270 e. The predicted octanol–water partition coefficient (Wildman–Crippen LogP) is 2.07. The lowest BCUT2D eigenvalue weighted by atomic mass is 10.1. The fraction of sp³-hybridized carbons (Fsp3) is 0.500. The second-order valence-corrected chi connectivity index (χ2v) is 5.50. The van der Waals surface area contributed by atoms with Crippen LogP contribution in [0.1, 0.15) is 31.7 Å². The van der Waals surface area contributed by atoms with E-state index >= 15 is 0 Å². The number of anilines is 1. The van der Waals surface area contributed by atoms with E-state index in [1.54, 1.807) is 6.07 Å². The summed E-state index contributed by atoms with van der Waals surface area (Å²) in [5, 5.41) is 14.9. The Bertz CT molecular complexity index is 612. The fourth-order valence-corrected chi connectivity index (χ4v) is 2.42. The largest absolute Gasteiger partial charge is 0.378 e. The van der Waals surface area contributed by atoms with Crippen molar-refractivity contribution < 1.29 is 14.5 Å². The highest BCUT2D eigenvalue weighted by Crippen LogP contribution is 2.25. The number of hydrogen-bond acceptors (Lipinski definition) is 6. The molecule has 0 spiro atoms. The van der Waals surface area contributed by atoms with Gasteiger partial charge in [0.25, 0.3) is 5.69 Å². The number of nitrogens with zero attached hydrogens (tertiary/aromatic N) is 3. The lowest BCUT2D eigenvalue weighted by Gasteiger charge is -2.29. The summed E-state index contributed by atoms with van der Waals surface area (Å²) in [7, 11) is 0. The van der Waals surface area contributed by atoms with Crippen molar-refractivity contribution in [1.82, 2.24) is 5.43 Å². The standard InChI is InChI=1S/C16H22N4O4/c1-2-3-4-16(21)18-17-12-13-11-14(20(22)23)5-6-15(13)19-7-9-24-10-8-19/h5-6,11-12H,2-4,7-10H2,1H3,(H,18,21)/b17-12-. The maximum absolute atomic E-state index is 11.6. The number of ether oxygens (including phenoxy) is 1. The molecule has 0 unspecified atom stereocenters. The van der Waals surface area contributed by atoms with Crippen LogP contribution in [0.5, 0.6) is 0 Å². The molecule has 8 nitrogen and oxygen atoms in total. The molecule has 1 aliphatic rings.